The van der Waals surface area contributed by atoms with Crippen molar-refractivity contribution in [3.8, 4) is 5.75 Å². The third-order valence-electron chi connectivity index (χ3n) is 6.56. The van der Waals surface area contributed by atoms with Gasteiger partial charge >= 0.3 is 18.0 Å². The Bertz CT molecular complexity index is 866. The first kappa shape index (κ1) is 39.6. The van der Waals surface area contributed by atoms with Crippen molar-refractivity contribution >= 4 is 18.0 Å². The summed E-state index contributed by atoms with van der Waals surface area (Å²) in [7, 11) is 11.3. The summed E-state index contributed by atoms with van der Waals surface area (Å²) in [5.41, 5.74) is 0.187. The Morgan fingerprint density at radius 3 is 1.92 bits per heavy atom. The van der Waals surface area contributed by atoms with Crippen LogP contribution in [0.4, 0.5) is 4.79 Å². The number of quaternary nitrogens is 2. The molecule has 0 saturated carbocycles. The van der Waals surface area contributed by atoms with E-state index in [1.165, 1.54) is 37.0 Å². The highest BCUT2D eigenvalue weighted by atomic mass is 79.9. The van der Waals surface area contributed by atoms with E-state index >= 15 is 0 Å². The van der Waals surface area contributed by atoms with Crippen LogP contribution in [-0.2, 0) is 9.53 Å². The van der Waals surface area contributed by atoms with Gasteiger partial charge in [0, 0.05) is 26.7 Å². The van der Waals surface area contributed by atoms with E-state index in [4.69, 9.17) is 9.47 Å². The molecule has 0 spiro atoms. The van der Waals surface area contributed by atoms with Crippen molar-refractivity contribution < 1.29 is 66.8 Å². The maximum absolute atomic E-state index is 13.2. The van der Waals surface area contributed by atoms with Crippen LogP contribution in [-0.4, -0.2) is 105 Å². The van der Waals surface area contributed by atoms with E-state index in [-0.39, 0.29) is 61.8 Å². The molecule has 0 atom stereocenters. The molecule has 1 aromatic rings. The quantitative estimate of drug-likeness (QED) is 0.113. The second kappa shape index (κ2) is 20.3. The van der Waals surface area contributed by atoms with Gasteiger partial charge in [-0.05, 0) is 37.8 Å². The van der Waals surface area contributed by atoms with E-state index in [0.717, 1.165) is 36.8 Å². The van der Waals surface area contributed by atoms with Gasteiger partial charge in [-0.3, -0.25) is 9.28 Å². The smallest absolute Gasteiger partial charge is 0.414 e. The summed E-state index contributed by atoms with van der Waals surface area (Å²) in [6.07, 6.45) is 10.7. The van der Waals surface area contributed by atoms with Crippen molar-refractivity contribution in [1.29, 1.82) is 0 Å². The number of halogens is 2. The van der Waals surface area contributed by atoms with Gasteiger partial charge in [0.25, 0.3) is 0 Å². The summed E-state index contributed by atoms with van der Waals surface area (Å²) in [6, 6.07) is 3.26. The molecule has 226 valence electrons. The van der Waals surface area contributed by atoms with Crippen molar-refractivity contribution in [3.05, 3.63) is 24.0 Å². The number of ether oxygens (including phenoxy) is 2. The first-order valence-electron chi connectivity index (χ1n) is 13.6. The Labute approximate surface area is 256 Å². The van der Waals surface area contributed by atoms with Crippen LogP contribution in [0.2, 0.25) is 0 Å². The van der Waals surface area contributed by atoms with E-state index in [2.05, 4.69) is 19.1 Å². The molecule has 1 rings (SSSR count). The molecule has 0 aromatic carbocycles. The topological polar surface area (TPSA) is 85.8 Å². The zero-order valence-corrected chi connectivity index (χ0v) is 28.2. The van der Waals surface area contributed by atoms with Crippen molar-refractivity contribution in [2.45, 2.75) is 64.7 Å². The summed E-state index contributed by atoms with van der Waals surface area (Å²) in [5, 5.41) is 0. The molecule has 0 bridgehead atoms. The van der Waals surface area contributed by atoms with Crippen LogP contribution in [0.3, 0.4) is 0 Å². The number of rotatable bonds is 17. The summed E-state index contributed by atoms with van der Waals surface area (Å²) in [5.74, 6) is -0.0918. The predicted molar refractivity (Wildman–Crippen MR) is 145 cm³/mol. The lowest BCUT2D eigenvalue weighted by Gasteiger charge is -2.29. The lowest BCUT2D eigenvalue weighted by atomic mass is 10.1. The van der Waals surface area contributed by atoms with E-state index in [1.54, 1.807) is 32.4 Å². The van der Waals surface area contributed by atoms with E-state index < -0.39 is 6.09 Å². The third kappa shape index (κ3) is 16.3. The van der Waals surface area contributed by atoms with Crippen molar-refractivity contribution in [2.75, 3.05) is 68.5 Å². The molecule has 1 heterocycles. The van der Waals surface area contributed by atoms with Gasteiger partial charge in [-0.1, -0.05) is 32.6 Å². The standard InChI is InChI=1S/C28H50N4O5.2BrH/c1-8-25(33)36-23-22-31(4,5)20-15-13-11-9-10-12-14-16-21-32(6,7)27(34)26-24(18-17-19-29-26)37-28(35)30(2)3;;/h17-19H,8-16,20-23H2,1-7H3;2*1H/q+2;;/p-2. The van der Waals surface area contributed by atoms with Gasteiger partial charge in [0.15, 0.2) is 5.75 Å². The number of nitrogens with zero attached hydrogens (tertiary/aromatic N) is 4. The summed E-state index contributed by atoms with van der Waals surface area (Å²) < 4.78 is 11.6. The molecular formula is C28H50Br2N4O5. The molecule has 2 amide bonds. The van der Waals surface area contributed by atoms with Crippen LogP contribution >= 0.6 is 0 Å². The Morgan fingerprint density at radius 1 is 0.846 bits per heavy atom. The summed E-state index contributed by atoms with van der Waals surface area (Å²) in [4.78, 5) is 41.9. The summed E-state index contributed by atoms with van der Waals surface area (Å²) >= 11 is 0. The number of carbonyl (C=O) groups excluding carboxylic acids is 3. The molecule has 0 radical (unpaired) electrons. The van der Waals surface area contributed by atoms with Gasteiger partial charge in [-0.25, -0.2) is 14.6 Å². The Hall–Kier alpha value is -1.56. The molecule has 39 heavy (non-hydrogen) atoms. The average molecular weight is 683 g/mol. The van der Waals surface area contributed by atoms with Gasteiger partial charge in [0.1, 0.15) is 13.2 Å². The lowest BCUT2D eigenvalue weighted by Crippen LogP contribution is -3.00. The molecule has 0 N–H and O–H groups in total. The molecule has 0 aliphatic rings. The van der Waals surface area contributed by atoms with E-state index in [1.807, 2.05) is 21.0 Å². The van der Waals surface area contributed by atoms with Crippen molar-refractivity contribution in [3.63, 3.8) is 0 Å². The lowest BCUT2D eigenvalue weighted by molar-refractivity contribution is -0.890. The van der Waals surface area contributed by atoms with Gasteiger partial charge < -0.3 is 52.8 Å². The van der Waals surface area contributed by atoms with Crippen molar-refractivity contribution in [1.82, 2.24) is 9.88 Å². The SMILES string of the molecule is CCC(=O)OCC[N+](C)(C)CCCCCCCCCC[N+](C)(C)C(=O)c1ncccc1OC(=O)N(C)C.[Br-].[Br-]. The Morgan fingerprint density at radius 2 is 1.38 bits per heavy atom. The zero-order chi connectivity index (χ0) is 27.9. The number of likely N-dealkylation sites (N-methyl/N-ethyl adjacent to an activating group) is 1. The van der Waals surface area contributed by atoms with Crippen LogP contribution < -0.4 is 38.7 Å². The summed E-state index contributed by atoms with van der Waals surface area (Å²) in [6.45, 7) is 4.96. The van der Waals surface area contributed by atoms with Crippen LogP contribution in [0, 0.1) is 0 Å². The minimum Gasteiger partial charge on any atom is -1.00 e. The number of pyridine rings is 1. The molecular weight excluding hydrogens is 632 g/mol. The van der Waals surface area contributed by atoms with Gasteiger partial charge in [-0.2, -0.15) is 0 Å². The second-order valence-corrected chi connectivity index (χ2v) is 11.1. The first-order chi connectivity index (χ1) is 17.4. The molecule has 0 unspecified atom stereocenters. The van der Waals surface area contributed by atoms with Gasteiger partial charge in [0.2, 0.25) is 5.69 Å². The minimum absolute atomic E-state index is 0. The van der Waals surface area contributed by atoms with E-state index in [9.17, 15) is 14.4 Å². The number of unbranched alkanes of at least 4 members (excludes halogenated alkanes) is 7. The van der Waals surface area contributed by atoms with E-state index in [0.29, 0.717) is 19.6 Å². The number of amides is 2. The third-order valence-corrected chi connectivity index (χ3v) is 6.56. The number of carbonyl (C=O) groups is 3. The largest absolute Gasteiger partial charge is 1.00 e. The first-order valence-corrected chi connectivity index (χ1v) is 13.6. The molecule has 0 aliphatic heterocycles. The van der Waals surface area contributed by atoms with Crippen LogP contribution in [0.1, 0.15) is 75.2 Å². The Balaban J connectivity index is 0. The fourth-order valence-corrected chi connectivity index (χ4v) is 3.94. The highest BCUT2D eigenvalue weighted by Crippen LogP contribution is 2.21. The number of esters is 1. The number of aromatic nitrogens is 1. The monoisotopic (exact) mass is 680 g/mol. The average Bonchev–Trinajstić information content (AvgIpc) is 2.84. The highest BCUT2D eigenvalue weighted by Gasteiger charge is 2.32. The van der Waals surface area contributed by atoms with Crippen LogP contribution in [0.15, 0.2) is 18.3 Å². The molecule has 0 fully saturated rings. The number of hydrogen-bond acceptors (Lipinski definition) is 6. The molecule has 11 heteroatoms. The van der Waals surface area contributed by atoms with Gasteiger partial charge in [0.05, 0.1) is 41.3 Å². The van der Waals surface area contributed by atoms with Crippen molar-refractivity contribution in [2.24, 2.45) is 0 Å². The molecule has 0 aliphatic carbocycles. The maximum Gasteiger partial charge on any atom is 0.414 e. The fourth-order valence-electron chi connectivity index (χ4n) is 3.94. The highest BCUT2D eigenvalue weighted by molar-refractivity contribution is 5.90. The molecule has 0 saturated heterocycles. The van der Waals surface area contributed by atoms with Crippen LogP contribution in [0.25, 0.3) is 0 Å². The van der Waals surface area contributed by atoms with Crippen LogP contribution in [0.5, 0.6) is 5.75 Å². The second-order valence-electron chi connectivity index (χ2n) is 11.1. The molecule has 1 aromatic heterocycles. The number of hydrogen-bond donors (Lipinski definition) is 0. The minimum atomic E-state index is -0.537. The predicted octanol–water partition coefficient (Wildman–Crippen LogP) is -1.48. The zero-order valence-electron chi connectivity index (χ0n) is 25.0. The van der Waals surface area contributed by atoms with Gasteiger partial charge in [-0.15, -0.1) is 0 Å². The molecule has 9 nitrogen and oxygen atoms in total. The fraction of sp³-hybridized carbons (Fsp3) is 0.714. The maximum atomic E-state index is 13.2. The Kier molecular flexibility index (Phi) is 20.6. The normalized spacial score (nSPS) is 11.2.